The predicted molar refractivity (Wildman–Crippen MR) is 144 cm³/mol. The van der Waals surface area contributed by atoms with Crippen LogP contribution in [-0.4, -0.2) is 40.5 Å². The van der Waals surface area contributed by atoms with Gasteiger partial charge in [0.25, 0.3) is 0 Å². The number of sulfone groups is 1. The number of nitrogens with zero attached hydrogens (tertiary/aromatic N) is 4. The third-order valence-electron chi connectivity index (χ3n) is 6.57. The molecule has 2 aromatic heterocycles. The van der Waals surface area contributed by atoms with E-state index in [-0.39, 0.29) is 16.8 Å². The molecule has 0 saturated heterocycles. The third kappa shape index (κ3) is 5.43. The van der Waals surface area contributed by atoms with Crippen LogP contribution < -0.4 is 5.32 Å². The van der Waals surface area contributed by atoms with E-state index in [4.69, 9.17) is 4.74 Å². The summed E-state index contributed by atoms with van der Waals surface area (Å²) in [5.41, 5.74) is 3.37. The number of imidazole rings is 1. The normalized spacial score (nSPS) is 13.5. The SMILES string of the molecule is CC(C)OC(=O)Nc1ccc(-c2c(C#N)c3ccc(S(=O)(=O)CCn4ccnc4)cc3n2CC2CC2)cc1. The first-order valence-electron chi connectivity index (χ1n) is 12.6. The number of fused-ring (bicyclic) bond motifs is 1. The predicted octanol–water partition coefficient (Wildman–Crippen LogP) is 5.22. The molecule has 2 heterocycles. The fourth-order valence-corrected chi connectivity index (χ4v) is 5.77. The Hall–Kier alpha value is -4.10. The summed E-state index contributed by atoms with van der Waals surface area (Å²) >= 11 is 0. The molecule has 1 aliphatic carbocycles. The summed E-state index contributed by atoms with van der Waals surface area (Å²) in [7, 11) is -3.56. The Morgan fingerprint density at radius 3 is 2.61 bits per heavy atom. The third-order valence-corrected chi connectivity index (χ3v) is 8.26. The molecule has 9 nitrogen and oxygen atoms in total. The Labute approximate surface area is 221 Å². The van der Waals surface area contributed by atoms with Crippen molar-refractivity contribution in [3.63, 3.8) is 0 Å². The van der Waals surface area contributed by atoms with Gasteiger partial charge in [0.2, 0.25) is 0 Å². The van der Waals surface area contributed by atoms with Gasteiger partial charge < -0.3 is 13.9 Å². The van der Waals surface area contributed by atoms with Gasteiger partial charge in [-0.1, -0.05) is 18.2 Å². The van der Waals surface area contributed by atoms with Crippen LogP contribution in [0.25, 0.3) is 22.2 Å². The molecule has 0 bridgehead atoms. The lowest BCUT2D eigenvalue weighted by Gasteiger charge is -2.13. The number of aromatic nitrogens is 3. The van der Waals surface area contributed by atoms with Crippen molar-refractivity contribution in [3.8, 4) is 17.3 Å². The number of carbonyl (C=O) groups excluding carboxylic acids is 1. The van der Waals surface area contributed by atoms with Crippen LogP contribution in [0.5, 0.6) is 0 Å². The minimum atomic E-state index is -3.56. The highest BCUT2D eigenvalue weighted by Crippen LogP contribution is 2.39. The molecule has 0 atom stereocenters. The van der Waals surface area contributed by atoms with E-state index < -0.39 is 15.9 Å². The topological polar surface area (TPSA) is 119 Å². The van der Waals surface area contributed by atoms with Gasteiger partial charge in [0, 0.05) is 36.6 Å². The zero-order chi connectivity index (χ0) is 26.9. The number of amides is 1. The summed E-state index contributed by atoms with van der Waals surface area (Å²) in [5.74, 6) is 0.438. The molecule has 2 aromatic carbocycles. The first-order valence-corrected chi connectivity index (χ1v) is 14.2. The average Bonchev–Trinajstić information content (AvgIpc) is 3.44. The number of rotatable bonds is 9. The zero-order valence-electron chi connectivity index (χ0n) is 21.3. The summed E-state index contributed by atoms with van der Waals surface area (Å²) in [6, 6.07) is 14.6. The molecule has 196 valence electrons. The van der Waals surface area contributed by atoms with Crippen LogP contribution in [0.15, 0.2) is 66.1 Å². The molecule has 4 aromatic rings. The molecule has 1 N–H and O–H groups in total. The van der Waals surface area contributed by atoms with E-state index in [0.717, 1.165) is 35.0 Å². The summed E-state index contributed by atoms with van der Waals surface area (Å²) < 4.78 is 35.3. The lowest BCUT2D eigenvalue weighted by molar-refractivity contribution is 0.130. The van der Waals surface area contributed by atoms with Crippen LogP contribution in [0.4, 0.5) is 10.5 Å². The van der Waals surface area contributed by atoms with Crippen molar-refractivity contribution in [2.45, 2.75) is 50.8 Å². The van der Waals surface area contributed by atoms with Crippen LogP contribution in [0, 0.1) is 17.2 Å². The second-order valence-corrected chi connectivity index (χ2v) is 12.0. The number of hydrogen-bond donors (Lipinski definition) is 1. The monoisotopic (exact) mass is 531 g/mol. The summed E-state index contributed by atoms with van der Waals surface area (Å²) in [6.07, 6.45) is 6.39. The van der Waals surface area contributed by atoms with Gasteiger partial charge in [0.15, 0.2) is 9.84 Å². The second kappa shape index (κ2) is 10.3. The van der Waals surface area contributed by atoms with Crippen LogP contribution in [-0.2, 0) is 27.7 Å². The fourth-order valence-electron chi connectivity index (χ4n) is 4.52. The molecule has 38 heavy (non-hydrogen) atoms. The number of carbonyl (C=O) groups is 1. The minimum absolute atomic E-state index is 0.0517. The maximum atomic E-state index is 13.2. The van der Waals surface area contributed by atoms with Crippen molar-refractivity contribution < 1.29 is 17.9 Å². The Kier molecular flexibility index (Phi) is 6.95. The van der Waals surface area contributed by atoms with Crippen LogP contribution in [0.1, 0.15) is 32.3 Å². The quantitative estimate of drug-likeness (QED) is 0.316. The molecule has 10 heteroatoms. The first kappa shape index (κ1) is 25.5. The Morgan fingerprint density at radius 1 is 1.21 bits per heavy atom. The number of ether oxygens (including phenoxy) is 1. The van der Waals surface area contributed by atoms with Crippen molar-refractivity contribution in [1.29, 1.82) is 5.26 Å². The molecule has 1 fully saturated rings. The molecule has 1 aliphatic rings. The first-order chi connectivity index (χ1) is 18.2. The maximum Gasteiger partial charge on any atom is 0.411 e. The molecular weight excluding hydrogens is 502 g/mol. The lowest BCUT2D eigenvalue weighted by Crippen LogP contribution is -2.17. The number of nitriles is 1. The van der Waals surface area contributed by atoms with E-state index in [1.165, 1.54) is 0 Å². The van der Waals surface area contributed by atoms with Gasteiger partial charge in [-0.15, -0.1) is 0 Å². The molecule has 1 amide bonds. The van der Waals surface area contributed by atoms with E-state index in [2.05, 4.69) is 20.9 Å². The van der Waals surface area contributed by atoms with E-state index in [1.807, 2.05) is 12.1 Å². The molecular formula is C28H29N5O4S. The van der Waals surface area contributed by atoms with E-state index in [0.29, 0.717) is 30.3 Å². The van der Waals surface area contributed by atoms with Gasteiger partial charge in [-0.2, -0.15) is 5.26 Å². The average molecular weight is 532 g/mol. The largest absolute Gasteiger partial charge is 0.447 e. The Morgan fingerprint density at radius 2 is 1.97 bits per heavy atom. The van der Waals surface area contributed by atoms with Crippen molar-refractivity contribution in [2.24, 2.45) is 5.92 Å². The molecule has 0 unspecified atom stereocenters. The Balaban J connectivity index is 1.52. The molecule has 0 spiro atoms. The lowest BCUT2D eigenvalue weighted by atomic mass is 10.1. The Bertz CT molecular complexity index is 1610. The number of anilines is 1. The molecule has 5 rings (SSSR count). The standard InChI is InChI=1S/C28H29N5O4S/c1-19(2)37-28(34)31-22-7-5-21(6-8-22)27-25(16-29)24-10-9-23(15-26(24)33(27)17-20-3-4-20)38(35,36)14-13-32-12-11-30-18-32/h5-12,15,18-20H,3-4,13-14,17H2,1-2H3,(H,31,34). The van der Waals surface area contributed by atoms with Gasteiger partial charge >= 0.3 is 6.09 Å². The van der Waals surface area contributed by atoms with Crippen LogP contribution >= 0.6 is 0 Å². The van der Waals surface area contributed by atoms with Crippen molar-refractivity contribution in [1.82, 2.24) is 14.1 Å². The molecule has 1 saturated carbocycles. The summed E-state index contributed by atoms with van der Waals surface area (Å²) in [6.45, 7) is 4.57. The highest BCUT2D eigenvalue weighted by atomic mass is 32.2. The van der Waals surface area contributed by atoms with Gasteiger partial charge in [-0.25, -0.2) is 18.2 Å². The van der Waals surface area contributed by atoms with Crippen LogP contribution in [0.3, 0.4) is 0 Å². The number of nitrogens with one attached hydrogen (secondary N) is 1. The van der Waals surface area contributed by atoms with Gasteiger partial charge in [-0.3, -0.25) is 5.32 Å². The fraction of sp³-hybridized carbons (Fsp3) is 0.321. The van der Waals surface area contributed by atoms with E-state index >= 15 is 0 Å². The number of benzene rings is 2. The molecule has 0 aliphatic heterocycles. The smallest absolute Gasteiger partial charge is 0.411 e. The van der Waals surface area contributed by atoms with Crippen molar-refractivity contribution >= 4 is 32.5 Å². The van der Waals surface area contributed by atoms with Crippen molar-refractivity contribution in [2.75, 3.05) is 11.1 Å². The highest BCUT2D eigenvalue weighted by molar-refractivity contribution is 7.91. The van der Waals surface area contributed by atoms with Gasteiger partial charge in [0.1, 0.15) is 6.07 Å². The van der Waals surface area contributed by atoms with E-state index in [1.54, 1.807) is 67.5 Å². The maximum absolute atomic E-state index is 13.2. The minimum Gasteiger partial charge on any atom is -0.447 e. The van der Waals surface area contributed by atoms with Crippen molar-refractivity contribution in [3.05, 3.63) is 66.7 Å². The number of hydrogen-bond acceptors (Lipinski definition) is 6. The summed E-state index contributed by atoms with van der Waals surface area (Å²) in [4.78, 5) is 16.2. The zero-order valence-corrected chi connectivity index (χ0v) is 22.1. The van der Waals surface area contributed by atoms with Crippen LogP contribution in [0.2, 0.25) is 0 Å². The van der Waals surface area contributed by atoms with Gasteiger partial charge in [-0.05, 0) is 62.4 Å². The van der Waals surface area contributed by atoms with E-state index in [9.17, 15) is 18.5 Å². The number of aryl methyl sites for hydroxylation is 1. The molecule has 0 radical (unpaired) electrons. The second-order valence-electron chi connectivity index (χ2n) is 9.84. The van der Waals surface area contributed by atoms with Gasteiger partial charge in [0.05, 0.1) is 39.9 Å². The highest BCUT2D eigenvalue weighted by Gasteiger charge is 2.27. The summed E-state index contributed by atoms with van der Waals surface area (Å²) in [5, 5.41) is 13.6.